The number of aryl methyl sites for hydroxylation is 4. The van der Waals surface area contributed by atoms with Gasteiger partial charge in [-0.15, -0.1) is 23.1 Å². The number of nitrogens with one attached hydrogen (secondary N) is 1. The molecule has 1 aliphatic rings. The van der Waals surface area contributed by atoms with Gasteiger partial charge in [0.1, 0.15) is 6.04 Å². The van der Waals surface area contributed by atoms with Gasteiger partial charge in [-0.1, -0.05) is 6.07 Å². The molecule has 6 heteroatoms. The number of nitrogens with zero attached hydrogens (tertiary/aromatic N) is 1. The zero-order valence-corrected chi connectivity index (χ0v) is 16.5. The summed E-state index contributed by atoms with van der Waals surface area (Å²) in [5.41, 5.74) is 3.82. The zero-order chi connectivity index (χ0) is 18.1. The molecule has 25 heavy (non-hydrogen) atoms. The fraction of sp³-hybridized carbons (Fsp3) is 0.368. The van der Waals surface area contributed by atoms with Crippen molar-refractivity contribution in [2.75, 3.05) is 16.9 Å². The average molecular weight is 375 g/mol. The minimum atomic E-state index is -0.432. The normalized spacial score (nSPS) is 17.0. The molecule has 0 bridgehead atoms. The van der Waals surface area contributed by atoms with Gasteiger partial charge >= 0.3 is 0 Å². The number of anilines is 1. The Morgan fingerprint density at radius 2 is 1.88 bits per heavy atom. The first-order chi connectivity index (χ1) is 11.9. The second-order valence-electron chi connectivity index (χ2n) is 6.41. The van der Waals surface area contributed by atoms with Gasteiger partial charge in [0.2, 0.25) is 5.91 Å². The van der Waals surface area contributed by atoms with Gasteiger partial charge in [-0.3, -0.25) is 9.59 Å². The summed E-state index contributed by atoms with van der Waals surface area (Å²) in [6.45, 7) is 8.02. The summed E-state index contributed by atoms with van der Waals surface area (Å²) in [5.74, 6) is 1.02. The highest BCUT2D eigenvalue weighted by molar-refractivity contribution is 7.99. The summed E-state index contributed by atoms with van der Waals surface area (Å²) >= 11 is 3.23. The van der Waals surface area contributed by atoms with E-state index in [0.29, 0.717) is 17.2 Å². The molecule has 0 saturated carbocycles. The van der Waals surface area contributed by atoms with Crippen molar-refractivity contribution in [1.29, 1.82) is 0 Å². The summed E-state index contributed by atoms with van der Waals surface area (Å²) in [6.07, 6.45) is 0. The molecular formula is C19H22N2O2S2. The molecule has 2 amide bonds. The number of hydrogen-bond donors (Lipinski definition) is 1. The standard InChI is InChI=1S/C19H22N2O2S2/c1-11-5-6-15(7-12(11)2)20-18(22)17-9-24-10-21(17)19(23)16-8-13(3)25-14(16)4/h5-8,17H,9-10H2,1-4H3,(H,20,22). The van der Waals surface area contributed by atoms with Crippen LogP contribution in [0, 0.1) is 27.7 Å². The third-order valence-corrected chi connectivity index (χ3v) is 6.47. The Kier molecular flexibility index (Phi) is 5.20. The molecule has 2 heterocycles. The Bertz CT molecular complexity index is 829. The highest BCUT2D eigenvalue weighted by atomic mass is 32.2. The van der Waals surface area contributed by atoms with E-state index in [2.05, 4.69) is 5.32 Å². The molecule has 1 aromatic carbocycles. The van der Waals surface area contributed by atoms with Gasteiger partial charge in [-0.05, 0) is 57.0 Å². The minimum absolute atomic E-state index is 0.0490. The summed E-state index contributed by atoms with van der Waals surface area (Å²) in [5, 5.41) is 2.96. The van der Waals surface area contributed by atoms with Crippen molar-refractivity contribution in [1.82, 2.24) is 4.90 Å². The van der Waals surface area contributed by atoms with Crippen LogP contribution in [0.1, 0.15) is 31.2 Å². The van der Waals surface area contributed by atoms with Crippen molar-refractivity contribution in [3.63, 3.8) is 0 Å². The predicted molar refractivity (Wildman–Crippen MR) is 106 cm³/mol. The highest BCUT2D eigenvalue weighted by Crippen LogP contribution is 2.28. The number of amides is 2. The fourth-order valence-corrected chi connectivity index (χ4v) is 4.97. The van der Waals surface area contributed by atoms with Gasteiger partial charge in [-0.25, -0.2) is 0 Å². The van der Waals surface area contributed by atoms with Crippen LogP contribution in [0.15, 0.2) is 24.3 Å². The molecule has 0 radical (unpaired) electrons. The van der Waals surface area contributed by atoms with E-state index in [9.17, 15) is 9.59 Å². The SMILES string of the molecule is Cc1cc(C(=O)N2CSCC2C(=O)Nc2ccc(C)c(C)c2)c(C)s1. The number of hydrogen-bond acceptors (Lipinski definition) is 4. The van der Waals surface area contributed by atoms with E-state index in [-0.39, 0.29) is 11.8 Å². The van der Waals surface area contributed by atoms with Gasteiger partial charge in [0.25, 0.3) is 5.91 Å². The maximum Gasteiger partial charge on any atom is 0.256 e. The Hall–Kier alpha value is -1.79. The van der Waals surface area contributed by atoms with Crippen LogP contribution in [-0.4, -0.2) is 34.4 Å². The molecule has 1 aromatic heterocycles. The van der Waals surface area contributed by atoms with E-state index in [1.54, 1.807) is 28.0 Å². The van der Waals surface area contributed by atoms with Gasteiger partial charge in [-0.2, -0.15) is 0 Å². The first-order valence-electron chi connectivity index (χ1n) is 8.20. The Labute approximate surface area is 156 Å². The maximum atomic E-state index is 12.9. The first kappa shape index (κ1) is 18.0. The fourth-order valence-electron chi connectivity index (χ4n) is 2.90. The van der Waals surface area contributed by atoms with E-state index in [1.165, 1.54) is 5.56 Å². The molecule has 1 atom stereocenters. The van der Waals surface area contributed by atoms with Gasteiger partial charge in [0.15, 0.2) is 0 Å². The van der Waals surface area contributed by atoms with Gasteiger partial charge in [0, 0.05) is 21.2 Å². The quantitative estimate of drug-likeness (QED) is 0.879. The van der Waals surface area contributed by atoms with Crippen molar-refractivity contribution in [2.45, 2.75) is 33.7 Å². The number of carbonyl (C=O) groups excluding carboxylic acids is 2. The summed E-state index contributed by atoms with van der Waals surface area (Å²) in [6, 6.07) is 7.35. The molecule has 1 unspecified atom stereocenters. The third-order valence-electron chi connectivity index (χ3n) is 4.49. The van der Waals surface area contributed by atoms with Crippen LogP contribution < -0.4 is 5.32 Å². The summed E-state index contributed by atoms with van der Waals surface area (Å²) in [4.78, 5) is 29.4. The van der Waals surface area contributed by atoms with E-state index in [1.807, 2.05) is 52.0 Å². The second-order valence-corrected chi connectivity index (χ2v) is 8.87. The predicted octanol–water partition coefficient (Wildman–Crippen LogP) is 4.14. The molecule has 1 N–H and O–H groups in total. The Morgan fingerprint density at radius 1 is 1.12 bits per heavy atom. The number of rotatable bonds is 3. The van der Waals surface area contributed by atoms with Crippen LogP contribution in [0.5, 0.6) is 0 Å². The molecule has 0 spiro atoms. The van der Waals surface area contributed by atoms with E-state index in [0.717, 1.165) is 21.0 Å². The lowest BCUT2D eigenvalue weighted by atomic mass is 10.1. The molecule has 132 valence electrons. The van der Waals surface area contributed by atoms with Crippen LogP contribution in [0.25, 0.3) is 0 Å². The Morgan fingerprint density at radius 3 is 2.52 bits per heavy atom. The van der Waals surface area contributed by atoms with E-state index >= 15 is 0 Å². The lowest BCUT2D eigenvalue weighted by Gasteiger charge is -2.23. The average Bonchev–Trinajstić information content (AvgIpc) is 3.16. The maximum absolute atomic E-state index is 12.9. The molecule has 4 nitrogen and oxygen atoms in total. The molecule has 1 saturated heterocycles. The number of benzene rings is 1. The van der Waals surface area contributed by atoms with Crippen molar-refractivity contribution in [2.24, 2.45) is 0 Å². The lowest BCUT2D eigenvalue weighted by molar-refractivity contribution is -0.119. The summed E-state index contributed by atoms with van der Waals surface area (Å²) in [7, 11) is 0. The van der Waals surface area contributed by atoms with Gasteiger partial charge in [0.05, 0.1) is 11.4 Å². The smallest absolute Gasteiger partial charge is 0.256 e. The zero-order valence-electron chi connectivity index (χ0n) is 14.9. The topological polar surface area (TPSA) is 49.4 Å². The number of thioether (sulfide) groups is 1. The summed E-state index contributed by atoms with van der Waals surface area (Å²) < 4.78 is 0. The van der Waals surface area contributed by atoms with Crippen molar-refractivity contribution < 1.29 is 9.59 Å². The number of carbonyl (C=O) groups is 2. The molecule has 1 aliphatic heterocycles. The molecule has 2 aromatic rings. The van der Waals surface area contributed by atoms with Crippen molar-refractivity contribution in [3.05, 3.63) is 50.7 Å². The molecule has 3 rings (SSSR count). The van der Waals surface area contributed by atoms with Crippen LogP contribution in [0.4, 0.5) is 5.69 Å². The number of thiophene rings is 1. The van der Waals surface area contributed by atoms with Crippen molar-refractivity contribution in [3.8, 4) is 0 Å². The third kappa shape index (κ3) is 3.75. The molecule has 0 aliphatic carbocycles. The second kappa shape index (κ2) is 7.22. The highest BCUT2D eigenvalue weighted by Gasteiger charge is 2.36. The van der Waals surface area contributed by atoms with Crippen LogP contribution >= 0.6 is 23.1 Å². The Balaban J connectivity index is 1.76. The first-order valence-corrected chi connectivity index (χ1v) is 10.2. The lowest BCUT2D eigenvalue weighted by Crippen LogP contribution is -2.44. The van der Waals surface area contributed by atoms with E-state index in [4.69, 9.17) is 0 Å². The van der Waals surface area contributed by atoms with E-state index < -0.39 is 6.04 Å². The largest absolute Gasteiger partial charge is 0.324 e. The molecular weight excluding hydrogens is 352 g/mol. The monoisotopic (exact) mass is 374 g/mol. The van der Waals surface area contributed by atoms with Crippen LogP contribution in [0.3, 0.4) is 0 Å². The van der Waals surface area contributed by atoms with Gasteiger partial charge < -0.3 is 10.2 Å². The minimum Gasteiger partial charge on any atom is -0.324 e. The van der Waals surface area contributed by atoms with Crippen LogP contribution in [0.2, 0.25) is 0 Å². The molecule has 1 fully saturated rings. The van der Waals surface area contributed by atoms with Crippen LogP contribution in [-0.2, 0) is 4.79 Å². The van der Waals surface area contributed by atoms with Crippen molar-refractivity contribution >= 4 is 40.6 Å².